The number of aryl methyl sites for hydroxylation is 1. The number of carboxylic acid groups (broad SMARTS) is 1. The number of aromatic nitrogens is 2. The molecule has 1 fully saturated rings. The molecule has 0 bridgehead atoms. The van der Waals surface area contributed by atoms with Gasteiger partial charge in [-0.15, -0.1) is 0 Å². The Hall–Kier alpha value is -2.15. The third-order valence-corrected chi connectivity index (χ3v) is 5.02. The van der Waals surface area contributed by atoms with Gasteiger partial charge < -0.3 is 10.0 Å². The van der Waals surface area contributed by atoms with Gasteiger partial charge in [-0.3, -0.25) is 14.3 Å². The second-order valence-corrected chi connectivity index (χ2v) is 6.80. The molecule has 2 aromatic heterocycles. The monoisotopic (exact) mass is 333 g/mol. The van der Waals surface area contributed by atoms with Crippen molar-refractivity contribution in [2.75, 3.05) is 13.1 Å². The van der Waals surface area contributed by atoms with Gasteiger partial charge in [0.05, 0.1) is 18.5 Å². The quantitative estimate of drug-likeness (QED) is 0.925. The summed E-state index contributed by atoms with van der Waals surface area (Å²) in [6, 6.07) is 1.93. The number of carbonyl (C=O) groups excluding carboxylic acids is 1. The molecule has 3 rings (SSSR count). The number of rotatable bonds is 4. The molecule has 1 aliphatic rings. The van der Waals surface area contributed by atoms with Gasteiger partial charge in [-0.25, -0.2) is 0 Å². The third-order valence-electron chi connectivity index (χ3n) is 4.28. The van der Waals surface area contributed by atoms with Gasteiger partial charge in [0, 0.05) is 32.3 Å². The van der Waals surface area contributed by atoms with Crippen LogP contribution >= 0.6 is 11.3 Å². The van der Waals surface area contributed by atoms with Crippen LogP contribution in [0.1, 0.15) is 23.5 Å². The predicted octanol–water partition coefficient (Wildman–Crippen LogP) is 1.74. The van der Waals surface area contributed by atoms with Crippen molar-refractivity contribution in [3.63, 3.8) is 0 Å². The molecule has 7 heteroatoms. The Labute approximate surface area is 138 Å². The van der Waals surface area contributed by atoms with Crippen molar-refractivity contribution in [2.45, 2.75) is 18.8 Å². The van der Waals surface area contributed by atoms with Gasteiger partial charge in [-0.1, -0.05) is 0 Å². The number of carbonyl (C=O) groups is 2. The lowest BCUT2D eigenvalue weighted by atomic mass is 9.85. The van der Waals surface area contributed by atoms with Crippen LogP contribution in [-0.4, -0.2) is 44.8 Å². The summed E-state index contributed by atoms with van der Waals surface area (Å²) in [5, 5.41) is 17.5. The molecule has 3 heterocycles. The Morgan fingerprint density at radius 2 is 2.26 bits per heavy atom. The van der Waals surface area contributed by atoms with E-state index < -0.39 is 11.9 Å². The molecule has 6 nitrogen and oxygen atoms in total. The van der Waals surface area contributed by atoms with Crippen LogP contribution in [0.5, 0.6) is 0 Å². The number of nitrogens with zero attached hydrogens (tertiary/aromatic N) is 3. The predicted molar refractivity (Wildman–Crippen MR) is 86.3 cm³/mol. The van der Waals surface area contributed by atoms with Crippen LogP contribution in [0.4, 0.5) is 0 Å². The summed E-state index contributed by atoms with van der Waals surface area (Å²) in [7, 11) is 1.83. The smallest absolute Gasteiger partial charge is 0.308 e. The number of likely N-dealkylation sites (tertiary alicyclic amines) is 1. The summed E-state index contributed by atoms with van der Waals surface area (Å²) < 4.78 is 1.71. The number of hydrogen-bond donors (Lipinski definition) is 1. The van der Waals surface area contributed by atoms with Crippen molar-refractivity contribution in [3.05, 3.63) is 40.3 Å². The minimum absolute atomic E-state index is 0.0109. The average molecular weight is 333 g/mol. The summed E-state index contributed by atoms with van der Waals surface area (Å²) in [5.41, 5.74) is 1.97. The van der Waals surface area contributed by atoms with E-state index in [-0.39, 0.29) is 18.4 Å². The minimum Gasteiger partial charge on any atom is -0.481 e. The molecule has 0 aliphatic carbocycles. The lowest BCUT2D eigenvalue weighted by molar-refractivity contribution is -0.146. The van der Waals surface area contributed by atoms with Crippen molar-refractivity contribution >= 4 is 23.2 Å². The zero-order valence-electron chi connectivity index (χ0n) is 12.9. The van der Waals surface area contributed by atoms with E-state index >= 15 is 0 Å². The SMILES string of the molecule is Cn1cc(C2CC(C(=O)O)CN(C(=O)Cc3ccsc3)C2)cn1. The lowest BCUT2D eigenvalue weighted by Crippen LogP contribution is -2.46. The molecular formula is C16H19N3O3S. The number of amides is 1. The second kappa shape index (κ2) is 6.54. The van der Waals surface area contributed by atoms with E-state index in [4.69, 9.17) is 0 Å². The number of piperidine rings is 1. The first-order valence-corrected chi connectivity index (χ1v) is 8.47. The maximum atomic E-state index is 12.5. The van der Waals surface area contributed by atoms with Gasteiger partial charge in [0.1, 0.15) is 0 Å². The Morgan fingerprint density at radius 3 is 2.87 bits per heavy atom. The Kier molecular flexibility index (Phi) is 4.47. The Balaban J connectivity index is 1.76. The first kappa shape index (κ1) is 15.7. The van der Waals surface area contributed by atoms with Crippen LogP contribution in [0.3, 0.4) is 0 Å². The summed E-state index contributed by atoms with van der Waals surface area (Å²) in [4.78, 5) is 25.7. The third kappa shape index (κ3) is 3.61. The molecule has 2 aromatic rings. The highest BCUT2D eigenvalue weighted by atomic mass is 32.1. The maximum absolute atomic E-state index is 12.5. The van der Waals surface area contributed by atoms with Crippen molar-refractivity contribution in [3.8, 4) is 0 Å². The van der Waals surface area contributed by atoms with Crippen molar-refractivity contribution < 1.29 is 14.7 Å². The molecule has 1 N–H and O–H groups in total. The van der Waals surface area contributed by atoms with E-state index in [9.17, 15) is 14.7 Å². The zero-order valence-corrected chi connectivity index (χ0v) is 13.7. The van der Waals surface area contributed by atoms with Crippen LogP contribution in [0.25, 0.3) is 0 Å². The lowest BCUT2D eigenvalue weighted by Gasteiger charge is -2.36. The van der Waals surface area contributed by atoms with Gasteiger partial charge in [0.2, 0.25) is 5.91 Å². The highest BCUT2D eigenvalue weighted by Crippen LogP contribution is 2.30. The van der Waals surface area contributed by atoms with Crippen LogP contribution < -0.4 is 0 Å². The van der Waals surface area contributed by atoms with Crippen LogP contribution in [-0.2, 0) is 23.1 Å². The number of hydrogen-bond acceptors (Lipinski definition) is 4. The highest BCUT2D eigenvalue weighted by Gasteiger charge is 2.34. The molecule has 122 valence electrons. The molecule has 0 saturated carbocycles. The molecular weight excluding hydrogens is 314 g/mol. The van der Waals surface area contributed by atoms with E-state index in [0.29, 0.717) is 19.4 Å². The molecule has 1 saturated heterocycles. The van der Waals surface area contributed by atoms with Crippen LogP contribution in [0, 0.1) is 5.92 Å². The Morgan fingerprint density at radius 1 is 1.43 bits per heavy atom. The minimum atomic E-state index is -0.841. The van der Waals surface area contributed by atoms with Gasteiger partial charge in [0.25, 0.3) is 0 Å². The van der Waals surface area contributed by atoms with Crippen LogP contribution in [0.15, 0.2) is 29.2 Å². The zero-order chi connectivity index (χ0) is 16.4. The molecule has 23 heavy (non-hydrogen) atoms. The first-order chi connectivity index (χ1) is 11.0. The summed E-state index contributed by atoms with van der Waals surface area (Å²) in [6.45, 7) is 0.841. The number of carboxylic acids is 1. The van der Waals surface area contributed by atoms with Crippen molar-refractivity contribution in [2.24, 2.45) is 13.0 Å². The van der Waals surface area contributed by atoms with E-state index in [1.54, 1.807) is 27.1 Å². The standard InChI is InChI=1S/C16H19N3O3S/c1-18-7-14(6-17-18)12-5-13(16(21)22)9-19(8-12)15(20)4-11-2-3-23-10-11/h2-3,6-7,10,12-13H,4-5,8-9H2,1H3,(H,21,22). The van der Waals surface area contributed by atoms with E-state index in [1.807, 2.05) is 30.1 Å². The molecule has 1 amide bonds. The number of thiophene rings is 1. The molecule has 0 aromatic carbocycles. The summed E-state index contributed by atoms with van der Waals surface area (Å²) in [5.74, 6) is -1.36. The first-order valence-electron chi connectivity index (χ1n) is 7.53. The second-order valence-electron chi connectivity index (χ2n) is 6.02. The maximum Gasteiger partial charge on any atom is 0.308 e. The van der Waals surface area contributed by atoms with E-state index in [0.717, 1.165) is 11.1 Å². The topological polar surface area (TPSA) is 75.4 Å². The van der Waals surface area contributed by atoms with Gasteiger partial charge >= 0.3 is 5.97 Å². The largest absolute Gasteiger partial charge is 0.481 e. The van der Waals surface area contributed by atoms with E-state index in [2.05, 4.69) is 5.10 Å². The normalized spacial score (nSPS) is 21.3. The van der Waals surface area contributed by atoms with Gasteiger partial charge in [-0.2, -0.15) is 16.4 Å². The molecule has 2 atom stereocenters. The van der Waals surface area contributed by atoms with E-state index in [1.165, 1.54) is 0 Å². The van der Waals surface area contributed by atoms with Crippen LogP contribution in [0.2, 0.25) is 0 Å². The summed E-state index contributed by atoms with van der Waals surface area (Å²) >= 11 is 1.56. The fraction of sp³-hybridized carbons (Fsp3) is 0.438. The fourth-order valence-electron chi connectivity index (χ4n) is 3.05. The number of aliphatic carboxylic acids is 1. The summed E-state index contributed by atoms with van der Waals surface area (Å²) in [6.07, 6.45) is 4.53. The molecule has 1 aliphatic heterocycles. The average Bonchev–Trinajstić information content (AvgIpc) is 3.18. The highest BCUT2D eigenvalue weighted by molar-refractivity contribution is 7.08. The molecule has 2 unspecified atom stereocenters. The van der Waals surface area contributed by atoms with Crippen molar-refractivity contribution in [1.29, 1.82) is 0 Å². The van der Waals surface area contributed by atoms with Gasteiger partial charge in [-0.05, 0) is 34.4 Å². The molecule has 0 radical (unpaired) electrons. The molecule has 0 spiro atoms. The van der Waals surface area contributed by atoms with Gasteiger partial charge in [0.15, 0.2) is 0 Å². The Bertz CT molecular complexity index is 695. The fourth-order valence-corrected chi connectivity index (χ4v) is 3.72. The van der Waals surface area contributed by atoms with Crippen molar-refractivity contribution in [1.82, 2.24) is 14.7 Å².